The Morgan fingerprint density at radius 2 is 1.89 bits per heavy atom. The molecule has 0 saturated carbocycles. The molecule has 1 aromatic heterocycles. The number of aromatic nitrogens is 1. The van der Waals surface area contributed by atoms with Crippen LogP contribution in [0.1, 0.15) is 16.7 Å². The second-order valence-corrected chi connectivity index (χ2v) is 3.70. The summed E-state index contributed by atoms with van der Waals surface area (Å²) >= 11 is 0. The normalized spacial score (nSPS) is 10.0. The van der Waals surface area contributed by atoms with Crippen LogP contribution in [0, 0.1) is 11.8 Å². The van der Waals surface area contributed by atoms with Gasteiger partial charge in [0.15, 0.2) is 0 Å². The van der Waals surface area contributed by atoms with Crippen LogP contribution in [-0.2, 0) is 6.42 Å². The fourth-order valence-electron chi connectivity index (χ4n) is 1.48. The van der Waals surface area contributed by atoms with E-state index in [4.69, 9.17) is 5.21 Å². The van der Waals surface area contributed by atoms with Crippen LogP contribution in [0.5, 0.6) is 0 Å². The molecule has 0 amide bonds. The SMILES string of the molecule is ON=CCc1cncc(C#Cc2ccccc2)c1. The first-order chi connectivity index (χ1) is 8.88. The Morgan fingerprint density at radius 3 is 2.67 bits per heavy atom. The van der Waals surface area contributed by atoms with Gasteiger partial charge in [0, 0.05) is 36.2 Å². The fraction of sp³-hybridized carbons (Fsp3) is 0.0667. The van der Waals surface area contributed by atoms with Crippen LogP contribution >= 0.6 is 0 Å². The van der Waals surface area contributed by atoms with Gasteiger partial charge in [-0.05, 0) is 23.8 Å². The number of hydrogen-bond donors (Lipinski definition) is 1. The Hall–Kier alpha value is -2.60. The quantitative estimate of drug-likeness (QED) is 0.377. The van der Waals surface area contributed by atoms with E-state index >= 15 is 0 Å². The van der Waals surface area contributed by atoms with Crippen molar-refractivity contribution in [3.63, 3.8) is 0 Å². The molecule has 0 saturated heterocycles. The van der Waals surface area contributed by atoms with Gasteiger partial charge < -0.3 is 5.21 Å². The molecule has 2 aromatic rings. The first-order valence-corrected chi connectivity index (χ1v) is 5.55. The Kier molecular flexibility index (Phi) is 4.10. The Bertz CT molecular complexity index is 595. The highest BCUT2D eigenvalue weighted by Crippen LogP contribution is 2.02. The van der Waals surface area contributed by atoms with Crippen molar-refractivity contribution in [2.75, 3.05) is 0 Å². The van der Waals surface area contributed by atoms with Gasteiger partial charge in [-0.2, -0.15) is 0 Å². The van der Waals surface area contributed by atoms with E-state index in [0.29, 0.717) is 6.42 Å². The van der Waals surface area contributed by atoms with Gasteiger partial charge in [-0.15, -0.1) is 5.16 Å². The third-order valence-electron chi connectivity index (χ3n) is 2.33. The lowest BCUT2D eigenvalue weighted by atomic mass is 10.1. The lowest BCUT2D eigenvalue weighted by Gasteiger charge is -1.95. The molecule has 88 valence electrons. The minimum atomic E-state index is 0.546. The van der Waals surface area contributed by atoms with Crippen molar-refractivity contribution in [3.05, 3.63) is 65.5 Å². The van der Waals surface area contributed by atoms with Crippen LogP contribution in [0.4, 0.5) is 0 Å². The van der Waals surface area contributed by atoms with Crippen LogP contribution < -0.4 is 0 Å². The first-order valence-electron chi connectivity index (χ1n) is 5.55. The summed E-state index contributed by atoms with van der Waals surface area (Å²) in [7, 11) is 0. The summed E-state index contributed by atoms with van der Waals surface area (Å²) in [5, 5.41) is 11.3. The zero-order chi connectivity index (χ0) is 12.6. The maximum Gasteiger partial charge on any atom is 0.0480 e. The third-order valence-corrected chi connectivity index (χ3v) is 2.33. The van der Waals surface area contributed by atoms with E-state index < -0.39 is 0 Å². The molecule has 2 rings (SSSR count). The second-order valence-electron chi connectivity index (χ2n) is 3.70. The topological polar surface area (TPSA) is 45.5 Å². The van der Waals surface area contributed by atoms with E-state index in [9.17, 15) is 0 Å². The maximum absolute atomic E-state index is 8.37. The van der Waals surface area contributed by atoms with Crippen molar-refractivity contribution in [3.8, 4) is 11.8 Å². The number of oxime groups is 1. The van der Waals surface area contributed by atoms with Gasteiger partial charge >= 0.3 is 0 Å². The summed E-state index contributed by atoms with van der Waals surface area (Å²) in [6, 6.07) is 11.7. The summed E-state index contributed by atoms with van der Waals surface area (Å²) in [6.45, 7) is 0. The summed E-state index contributed by atoms with van der Waals surface area (Å²) in [5.41, 5.74) is 2.79. The largest absolute Gasteiger partial charge is 0.411 e. The highest BCUT2D eigenvalue weighted by Gasteiger charge is 1.93. The molecule has 0 bridgehead atoms. The van der Waals surface area contributed by atoms with Crippen molar-refractivity contribution in [2.45, 2.75) is 6.42 Å². The zero-order valence-corrected chi connectivity index (χ0v) is 9.74. The summed E-state index contributed by atoms with van der Waals surface area (Å²) in [4.78, 5) is 4.10. The van der Waals surface area contributed by atoms with Gasteiger partial charge in [-0.1, -0.05) is 30.0 Å². The van der Waals surface area contributed by atoms with E-state index in [2.05, 4.69) is 22.0 Å². The number of pyridine rings is 1. The van der Waals surface area contributed by atoms with Gasteiger partial charge in [0.25, 0.3) is 0 Å². The van der Waals surface area contributed by atoms with Gasteiger partial charge in [-0.3, -0.25) is 4.98 Å². The van der Waals surface area contributed by atoms with E-state index in [1.165, 1.54) is 6.21 Å². The van der Waals surface area contributed by atoms with Crippen LogP contribution in [0.25, 0.3) is 0 Å². The minimum absolute atomic E-state index is 0.546. The van der Waals surface area contributed by atoms with Crippen molar-refractivity contribution < 1.29 is 5.21 Å². The first kappa shape index (κ1) is 11.9. The molecule has 0 atom stereocenters. The van der Waals surface area contributed by atoms with Crippen LogP contribution in [-0.4, -0.2) is 16.4 Å². The molecular weight excluding hydrogens is 224 g/mol. The molecule has 0 unspecified atom stereocenters. The van der Waals surface area contributed by atoms with E-state index in [1.54, 1.807) is 12.4 Å². The maximum atomic E-state index is 8.37. The molecule has 1 aromatic carbocycles. The predicted octanol–water partition coefficient (Wildman–Crippen LogP) is 2.48. The molecule has 0 radical (unpaired) electrons. The molecule has 3 heteroatoms. The molecule has 1 N–H and O–H groups in total. The molecule has 0 spiro atoms. The smallest absolute Gasteiger partial charge is 0.0480 e. The van der Waals surface area contributed by atoms with Gasteiger partial charge in [0.1, 0.15) is 0 Å². The van der Waals surface area contributed by atoms with Gasteiger partial charge in [0.05, 0.1) is 0 Å². The van der Waals surface area contributed by atoms with E-state index in [0.717, 1.165) is 16.7 Å². The molecule has 0 aliphatic heterocycles. The molecular formula is C15H12N2O. The molecule has 0 aliphatic rings. The highest BCUT2D eigenvalue weighted by atomic mass is 16.4. The number of rotatable bonds is 2. The number of hydrogen-bond acceptors (Lipinski definition) is 3. The second kappa shape index (κ2) is 6.21. The Balaban J connectivity index is 2.17. The minimum Gasteiger partial charge on any atom is -0.411 e. The third kappa shape index (κ3) is 3.46. The van der Waals surface area contributed by atoms with E-state index in [-0.39, 0.29) is 0 Å². The predicted molar refractivity (Wildman–Crippen MR) is 70.6 cm³/mol. The van der Waals surface area contributed by atoms with Crippen LogP contribution in [0.2, 0.25) is 0 Å². The van der Waals surface area contributed by atoms with E-state index in [1.807, 2.05) is 36.4 Å². The summed E-state index contributed by atoms with van der Waals surface area (Å²) < 4.78 is 0. The van der Waals surface area contributed by atoms with Crippen LogP contribution in [0.3, 0.4) is 0 Å². The van der Waals surface area contributed by atoms with Crippen molar-refractivity contribution in [2.24, 2.45) is 5.16 Å². The monoisotopic (exact) mass is 236 g/mol. The van der Waals surface area contributed by atoms with Gasteiger partial charge in [0.2, 0.25) is 0 Å². The van der Waals surface area contributed by atoms with Crippen LogP contribution in [0.15, 0.2) is 53.9 Å². The molecule has 18 heavy (non-hydrogen) atoms. The summed E-state index contributed by atoms with van der Waals surface area (Å²) in [6.07, 6.45) is 5.42. The number of benzene rings is 1. The molecule has 0 fully saturated rings. The Labute approximate surface area is 106 Å². The van der Waals surface area contributed by atoms with Crippen molar-refractivity contribution in [1.29, 1.82) is 0 Å². The summed E-state index contributed by atoms with van der Waals surface area (Å²) in [5.74, 6) is 6.13. The number of nitrogens with zero attached hydrogens (tertiary/aromatic N) is 2. The molecule has 1 heterocycles. The lowest BCUT2D eigenvalue weighted by Crippen LogP contribution is -1.89. The highest BCUT2D eigenvalue weighted by molar-refractivity contribution is 5.60. The average Bonchev–Trinajstić information content (AvgIpc) is 2.44. The Morgan fingerprint density at radius 1 is 1.11 bits per heavy atom. The average molecular weight is 236 g/mol. The standard InChI is InChI=1S/C15H12N2O/c18-17-9-8-15-10-14(11-16-12-15)7-6-13-4-2-1-3-5-13/h1-5,9-12,18H,8H2. The zero-order valence-electron chi connectivity index (χ0n) is 9.74. The molecule has 3 nitrogen and oxygen atoms in total. The fourth-order valence-corrected chi connectivity index (χ4v) is 1.48. The van der Waals surface area contributed by atoms with Gasteiger partial charge in [-0.25, -0.2) is 0 Å². The lowest BCUT2D eigenvalue weighted by molar-refractivity contribution is 0.321. The van der Waals surface area contributed by atoms with Crippen molar-refractivity contribution in [1.82, 2.24) is 4.98 Å². The van der Waals surface area contributed by atoms with Crippen molar-refractivity contribution >= 4 is 6.21 Å². The molecule has 0 aliphatic carbocycles.